The van der Waals surface area contributed by atoms with Gasteiger partial charge in [-0.05, 0) is 37.0 Å². The van der Waals surface area contributed by atoms with Crippen LogP contribution in [0.1, 0.15) is 37.8 Å². The molecule has 1 aromatic rings. The fourth-order valence-electron chi connectivity index (χ4n) is 3.09. The molecule has 1 heterocycles. The Kier molecular flexibility index (Phi) is 7.45. The van der Waals surface area contributed by atoms with Crippen LogP contribution >= 0.6 is 0 Å². The maximum Gasteiger partial charge on any atom is 0.260 e. The van der Waals surface area contributed by atoms with Crippen LogP contribution in [0.4, 0.5) is 0 Å². The molecule has 2 rings (SSSR count). The van der Waals surface area contributed by atoms with Crippen molar-refractivity contribution in [2.24, 2.45) is 0 Å². The van der Waals surface area contributed by atoms with E-state index >= 15 is 0 Å². The van der Waals surface area contributed by atoms with Crippen molar-refractivity contribution in [3.8, 4) is 5.75 Å². The summed E-state index contributed by atoms with van der Waals surface area (Å²) in [5.41, 5.74) is 2.24. The number of hydrogen-bond donors (Lipinski definition) is 1. The standard InChI is InChI=1S/C20H31N3O3/c1-5-21-19(24)13-22-8-10-23(11-9-22)20(25)14-26-18-12-16(4)6-7-17(18)15(2)3/h6-7,12,15H,5,8-11,13-14H2,1-4H3,(H,21,24). The molecule has 6 heteroatoms. The summed E-state index contributed by atoms with van der Waals surface area (Å²) in [6.07, 6.45) is 0. The predicted molar refractivity (Wildman–Crippen MR) is 102 cm³/mol. The number of nitrogens with one attached hydrogen (secondary N) is 1. The maximum absolute atomic E-state index is 12.5. The molecule has 1 saturated heterocycles. The van der Waals surface area contributed by atoms with Gasteiger partial charge in [-0.3, -0.25) is 14.5 Å². The van der Waals surface area contributed by atoms with Gasteiger partial charge in [0.25, 0.3) is 5.91 Å². The van der Waals surface area contributed by atoms with Crippen molar-refractivity contribution in [1.29, 1.82) is 0 Å². The van der Waals surface area contributed by atoms with E-state index in [0.717, 1.165) is 16.9 Å². The van der Waals surface area contributed by atoms with Crippen LogP contribution in [0.15, 0.2) is 18.2 Å². The van der Waals surface area contributed by atoms with Crippen molar-refractivity contribution >= 4 is 11.8 Å². The second kappa shape index (κ2) is 9.57. The molecule has 2 amide bonds. The number of carbonyl (C=O) groups excluding carboxylic acids is 2. The van der Waals surface area contributed by atoms with E-state index in [1.807, 2.05) is 24.8 Å². The van der Waals surface area contributed by atoms with Crippen LogP contribution in [0.5, 0.6) is 5.75 Å². The van der Waals surface area contributed by atoms with Gasteiger partial charge in [-0.15, -0.1) is 0 Å². The predicted octanol–water partition coefficient (Wildman–Crippen LogP) is 1.78. The Hall–Kier alpha value is -2.08. The van der Waals surface area contributed by atoms with E-state index in [9.17, 15) is 9.59 Å². The van der Waals surface area contributed by atoms with Crippen molar-refractivity contribution in [2.45, 2.75) is 33.6 Å². The van der Waals surface area contributed by atoms with Crippen molar-refractivity contribution in [1.82, 2.24) is 15.1 Å². The first kappa shape index (κ1) is 20.2. The van der Waals surface area contributed by atoms with Gasteiger partial charge >= 0.3 is 0 Å². The lowest BCUT2D eigenvalue weighted by molar-refractivity contribution is -0.135. The number of amides is 2. The third-order valence-electron chi connectivity index (χ3n) is 4.61. The van der Waals surface area contributed by atoms with Crippen LogP contribution in [0.2, 0.25) is 0 Å². The molecule has 26 heavy (non-hydrogen) atoms. The molecule has 0 unspecified atom stereocenters. The van der Waals surface area contributed by atoms with Crippen molar-refractivity contribution < 1.29 is 14.3 Å². The van der Waals surface area contributed by atoms with Gasteiger partial charge in [0, 0.05) is 32.7 Å². The average molecular weight is 361 g/mol. The highest BCUT2D eigenvalue weighted by molar-refractivity contribution is 5.79. The molecule has 1 aromatic carbocycles. The van der Waals surface area contributed by atoms with Gasteiger partial charge in [-0.2, -0.15) is 0 Å². The summed E-state index contributed by atoms with van der Waals surface area (Å²) in [5.74, 6) is 1.18. The Labute approximate surface area is 156 Å². The van der Waals surface area contributed by atoms with Crippen LogP contribution in [-0.2, 0) is 9.59 Å². The molecule has 0 saturated carbocycles. The summed E-state index contributed by atoms with van der Waals surface area (Å²) < 4.78 is 5.85. The van der Waals surface area contributed by atoms with Gasteiger partial charge in [-0.25, -0.2) is 0 Å². The third kappa shape index (κ3) is 5.73. The number of nitrogens with zero attached hydrogens (tertiary/aromatic N) is 2. The lowest BCUT2D eigenvalue weighted by atomic mass is 10.0. The van der Waals surface area contributed by atoms with Crippen LogP contribution < -0.4 is 10.1 Å². The highest BCUT2D eigenvalue weighted by Crippen LogP contribution is 2.27. The third-order valence-corrected chi connectivity index (χ3v) is 4.61. The molecule has 0 radical (unpaired) electrons. The molecule has 1 N–H and O–H groups in total. The molecule has 0 atom stereocenters. The molecular formula is C20H31N3O3. The number of aryl methyl sites for hydroxylation is 1. The normalized spacial score (nSPS) is 15.2. The number of piperazine rings is 1. The van der Waals surface area contributed by atoms with Crippen LogP contribution in [-0.4, -0.2) is 67.5 Å². The first-order valence-corrected chi connectivity index (χ1v) is 9.40. The summed E-state index contributed by atoms with van der Waals surface area (Å²) >= 11 is 0. The van der Waals surface area contributed by atoms with E-state index in [1.165, 1.54) is 0 Å². The zero-order valence-electron chi connectivity index (χ0n) is 16.4. The first-order valence-electron chi connectivity index (χ1n) is 9.40. The zero-order chi connectivity index (χ0) is 19.1. The fraction of sp³-hybridized carbons (Fsp3) is 0.600. The lowest BCUT2D eigenvalue weighted by Crippen LogP contribution is -2.52. The van der Waals surface area contributed by atoms with E-state index in [-0.39, 0.29) is 18.4 Å². The van der Waals surface area contributed by atoms with Gasteiger partial charge in [0.15, 0.2) is 6.61 Å². The van der Waals surface area contributed by atoms with Gasteiger partial charge in [0.05, 0.1) is 6.54 Å². The Balaban J connectivity index is 1.83. The van der Waals surface area contributed by atoms with Crippen molar-refractivity contribution in [2.75, 3.05) is 45.9 Å². The average Bonchev–Trinajstić information content (AvgIpc) is 2.60. The summed E-state index contributed by atoms with van der Waals surface area (Å²) in [5, 5.41) is 2.80. The van der Waals surface area contributed by atoms with Crippen LogP contribution in [0.25, 0.3) is 0 Å². The smallest absolute Gasteiger partial charge is 0.260 e. The quantitative estimate of drug-likeness (QED) is 0.804. The number of benzene rings is 1. The fourth-order valence-corrected chi connectivity index (χ4v) is 3.09. The molecule has 0 bridgehead atoms. The number of rotatable bonds is 7. The minimum atomic E-state index is -0.00104. The second-order valence-corrected chi connectivity index (χ2v) is 7.10. The van der Waals surface area contributed by atoms with E-state index in [2.05, 4.69) is 36.2 Å². The Bertz CT molecular complexity index is 623. The number of carbonyl (C=O) groups is 2. The van der Waals surface area contributed by atoms with E-state index in [4.69, 9.17) is 4.74 Å². The summed E-state index contributed by atoms with van der Waals surface area (Å²) in [7, 11) is 0. The first-order chi connectivity index (χ1) is 12.4. The van der Waals surface area contributed by atoms with Crippen molar-refractivity contribution in [3.05, 3.63) is 29.3 Å². The summed E-state index contributed by atoms with van der Waals surface area (Å²) in [6, 6.07) is 6.13. The Morgan fingerprint density at radius 3 is 2.50 bits per heavy atom. The minimum Gasteiger partial charge on any atom is -0.483 e. The number of likely N-dealkylation sites (N-methyl/N-ethyl adjacent to an activating group) is 1. The monoisotopic (exact) mass is 361 g/mol. The SMILES string of the molecule is CCNC(=O)CN1CCN(C(=O)COc2cc(C)ccc2C(C)C)CC1. The zero-order valence-corrected chi connectivity index (χ0v) is 16.4. The topological polar surface area (TPSA) is 61.9 Å². The van der Waals surface area contributed by atoms with Gasteiger partial charge in [0.2, 0.25) is 5.91 Å². The number of hydrogen-bond acceptors (Lipinski definition) is 4. The van der Waals surface area contributed by atoms with Crippen LogP contribution in [0, 0.1) is 6.92 Å². The van der Waals surface area contributed by atoms with E-state index in [0.29, 0.717) is 45.2 Å². The lowest BCUT2D eigenvalue weighted by Gasteiger charge is -2.34. The minimum absolute atomic E-state index is 0.00104. The van der Waals surface area contributed by atoms with Crippen LogP contribution in [0.3, 0.4) is 0 Å². The van der Waals surface area contributed by atoms with E-state index < -0.39 is 0 Å². The van der Waals surface area contributed by atoms with Crippen molar-refractivity contribution in [3.63, 3.8) is 0 Å². The highest BCUT2D eigenvalue weighted by Gasteiger charge is 2.23. The Morgan fingerprint density at radius 2 is 1.88 bits per heavy atom. The molecule has 0 aromatic heterocycles. The molecule has 1 aliphatic heterocycles. The molecule has 0 spiro atoms. The summed E-state index contributed by atoms with van der Waals surface area (Å²) in [4.78, 5) is 28.0. The van der Waals surface area contributed by atoms with Gasteiger partial charge < -0.3 is 15.0 Å². The second-order valence-electron chi connectivity index (χ2n) is 7.10. The summed E-state index contributed by atoms with van der Waals surface area (Å²) in [6.45, 7) is 12.0. The molecule has 1 fully saturated rings. The van der Waals surface area contributed by atoms with Gasteiger partial charge in [0.1, 0.15) is 5.75 Å². The van der Waals surface area contributed by atoms with Gasteiger partial charge in [-0.1, -0.05) is 26.0 Å². The largest absolute Gasteiger partial charge is 0.483 e. The molecule has 0 aliphatic carbocycles. The number of ether oxygens (including phenoxy) is 1. The molecule has 6 nitrogen and oxygen atoms in total. The highest BCUT2D eigenvalue weighted by atomic mass is 16.5. The van der Waals surface area contributed by atoms with E-state index in [1.54, 1.807) is 0 Å². The Morgan fingerprint density at radius 1 is 1.19 bits per heavy atom. The molecule has 144 valence electrons. The maximum atomic E-state index is 12.5. The molecule has 1 aliphatic rings. The molecular weight excluding hydrogens is 330 g/mol.